The first-order valence-corrected chi connectivity index (χ1v) is 8.35. The van der Waals surface area contributed by atoms with Crippen molar-refractivity contribution in [2.45, 2.75) is 97.3 Å². The number of hydrogen-bond donors (Lipinski definition) is 0. The molecule has 0 atom stereocenters. The molecule has 109 valence electrons. The number of hydrogen-bond acceptors (Lipinski definition) is 1. The molecular formula is C17H35O. The Morgan fingerprint density at radius 2 is 1.11 bits per heavy atom. The van der Waals surface area contributed by atoms with Crippen LogP contribution in [0.3, 0.4) is 0 Å². The van der Waals surface area contributed by atoms with Gasteiger partial charge in [-0.15, -0.1) is 0 Å². The van der Waals surface area contributed by atoms with Gasteiger partial charge in [0.25, 0.3) is 0 Å². The summed E-state index contributed by atoms with van der Waals surface area (Å²) in [5.41, 5.74) is 0. The molecule has 0 bridgehead atoms. The van der Waals surface area contributed by atoms with Crippen LogP contribution in [0.4, 0.5) is 0 Å². The Balaban J connectivity index is 2.86. The molecule has 0 saturated heterocycles. The average Bonchev–Trinajstić information content (AvgIpc) is 2.39. The van der Waals surface area contributed by atoms with Crippen molar-refractivity contribution in [2.24, 2.45) is 0 Å². The molecule has 0 aromatic rings. The zero-order valence-corrected chi connectivity index (χ0v) is 12.9. The summed E-state index contributed by atoms with van der Waals surface area (Å²) >= 11 is 0. The standard InChI is InChI=1S/C17H35O/c1-3-5-7-8-9-10-11-12-13-15-17-18-16-14-6-4-2/h16H,3-15,17H2,1-2H3. The van der Waals surface area contributed by atoms with Crippen LogP contribution in [-0.2, 0) is 4.74 Å². The monoisotopic (exact) mass is 255 g/mol. The van der Waals surface area contributed by atoms with Gasteiger partial charge in [0.1, 0.15) is 0 Å². The van der Waals surface area contributed by atoms with Gasteiger partial charge in [-0.1, -0.05) is 84.5 Å². The predicted molar refractivity (Wildman–Crippen MR) is 81.6 cm³/mol. The highest BCUT2D eigenvalue weighted by molar-refractivity contribution is 4.51. The van der Waals surface area contributed by atoms with E-state index < -0.39 is 0 Å². The second-order valence-electron chi connectivity index (χ2n) is 5.36. The summed E-state index contributed by atoms with van der Waals surface area (Å²) < 4.78 is 5.48. The summed E-state index contributed by atoms with van der Waals surface area (Å²) in [7, 11) is 0. The highest BCUT2D eigenvalue weighted by Crippen LogP contribution is 2.10. The highest BCUT2D eigenvalue weighted by atomic mass is 16.5. The van der Waals surface area contributed by atoms with E-state index in [0.717, 1.165) is 13.0 Å². The lowest BCUT2D eigenvalue weighted by molar-refractivity contribution is 0.184. The Morgan fingerprint density at radius 1 is 0.611 bits per heavy atom. The fraction of sp³-hybridized carbons (Fsp3) is 0.941. The normalized spacial score (nSPS) is 11.0. The minimum Gasteiger partial charge on any atom is -0.376 e. The van der Waals surface area contributed by atoms with Crippen molar-refractivity contribution < 1.29 is 4.74 Å². The first-order chi connectivity index (χ1) is 8.91. The van der Waals surface area contributed by atoms with Gasteiger partial charge in [0.15, 0.2) is 0 Å². The Kier molecular flexibility index (Phi) is 16.9. The molecule has 1 heteroatoms. The van der Waals surface area contributed by atoms with E-state index in [4.69, 9.17) is 4.74 Å². The second-order valence-corrected chi connectivity index (χ2v) is 5.36. The van der Waals surface area contributed by atoms with E-state index in [1.165, 1.54) is 77.0 Å². The van der Waals surface area contributed by atoms with Crippen molar-refractivity contribution in [1.29, 1.82) is 0 Å². The number of unbranched alkanes of at least 4 members (excludes halogenated alkanes) is 11. The van der Waals surface area contributed by atoms with E-state index in [1.54, 1.807) is 0 Å². The Hall–Kier alpha value is -0.0400. The molecule has 0 fully saturated rings. The van der Waals surface area contributed by atoms with Crippen LogP contribution >= 0.6 is 0 Å². The smallest absolute Gasteiger partial charge is 0.0836 e. The minimum absolute atomic E-state index is 0.931. The summed E-state index contributed by atoms with van der Waals surface area (Å²) in [5.74, 6) is 0. The van der Waals surface area contributed by atoms with Gasteiger partial charge < -0.3 is 4.74 Å². The molecule has 0 spiro atoms. The van der Waals surface area contributed by atoms with Gasteiger partial charge in [-0.25, -0.2) is 0 Å². The molecule has 0 saturated carbocycles. The molecule has 0 rings (SSSR count). The van der Waals surface area contributed by atoms with Crippen LogP contribution < -0.4 is 0 Å². The first kappa shape index (κ1) is 18.0. The number of rotatable bonds is 15. The highest BCUT2D eigenvalue weighted by Gasteiger charge is 1.93. The molecule has 18 heavy (non-hydrogen) atoms. The molecule has 0 aliphatic rings. The largest absolute Gasteiger partial charge is 0.376 e. The van der Waals surface area contributed by atoms with E-state index in [1.807, 2.05) is 6.61 Å². The zero-order valence-electron chi connectivity index (χ0n) is 12.9. The van der Waals surface area contributed by atoms with Crippen molar-refractivity contribution in [1.82, 2.24) is 0 Å². The topological polar surface area (TPSA) is 9.23 Å². The lowest BCUT2D eigenvalue weighted by Crippen LogP contribution is -1.92. The van der Waals surface area contributed by atoms with E-state index in [0.29, 0.717) is 0 Å². The van der Waals surface area contributed by atoms with Crippen molar-refractivity contribution >= 4 is 0 Å². The molecule has 0 heterocycles. The average molecular weight is 255 g/mol. The van der Waals surface area contributed by atoms with E-state index in [2.05, 4.69) is 13.8 Å². The molecule has 0 unspecified atom stereocenters. The van der Waals surface area contributed by atoms with E-state index in [-0.39, 0.29) is 0 Å². The van der Waals surface area contributed by atoms with Crippen LogP contribution in [0.5, 0.6) is 0 Å². The molecule has 0 aliphatic carbocycles. The van der Waals surface area contributed by atoms with Crippen LogP contribution in [0.1, 0.15) is 97.3 Å². The van der Waals surface area contributed by atoms with Gasteiger partial charge >= 0.3 is 0 Å². The Bertz CT molecular complexity index is 118. The molecule has 0 aromatic heterocycles. The van der Waals surface area contributed by atoms with Crippen LogP contribution in [-0.4, -0.2) is 6.61 Å². The summed E-state index contributed by atoms with van der Waals surface area (Å²) in [6.45, 7) is 7.43. The maximum Gasteiger partial charge on any atom is 0.0836 e. The molecule has 1 nitrogen and oxygen atoms in total. The number of ether oxygens (including phenoxy) is 1. The molecule has 0 aromatic carbocycles. The third-order valence-corrected chi connectivity index (χ3v) is 3.41. The zero-order chi connectivity index (χ0) is 13.3. The van der Waals surface area contributed by atoms with E-state index >= 15 is 0 Å². The SMILES string of the molecule is CCCC[CH]OCCCCCCCCCCCC. The van der Waals surface area contributed by atoms with Gasteiger partial charge in [-0.3, -0.25) is 0 Å². The summed E-state index contributed by atoms with van der Waals surface area (Å²) in [4.78, 5) is 0. The van der Waals surface area contributed by atoms with Crippen molar-refractivity contribution in [3.05, 3.63) is 6.61 Å². The third-order valence-electron chi connectivity index (χ3n) is 3.41. The molecule has 0 aliphatic heterocycles. The van der Waals surface area contributed by atoms with Gasteiger partial charge in [0, 0.05) is 6.61 Å². The Morgan fingerprint density at radius 3 is 1.67 bits per heavy atom. The van der Waals surface area contributed by atoms with Gasteiger partial charge in [-0.2, -0.15) is 0 Å². The maximum absolute atomic E-state index is 5.48. The third kappa shape index (κ3) is 16.0. The molecule has 0 amide bonds. The van der Waals surface area contributed by atoms with Crippen LogP contribution in [0.25, 0.3) is 0 Å². The lowest BCUT2D eigenvalue weighted by Gasteiger charge is -2.03. The van der Waals surface area contributed by atoms with Crippen molar-refractivity contribution in [3.8, 4) is 0 Å². The molecule has 0 N–H and O–H groups in total. The molecule has 1 radical (unpaired) electrons. The van der Waals surface area contributed by atoms with Gasteiger partial charge in [-0.05, 0) is 12.8 Å². The van der Waals surface area contributed by atoms with Crippen molar-refractivity contribution in [2.75, 3.05) is 6.61 Å². The minimum atomic E-state index is 0.931. The second kappa shape index (κ2) is 17.0. The lowest BCUT2D eigenvalue weighted by atomic mass is 10.1. The van der Waals surface area contributed by atoms with Crippen LogP contribution in [0.2, 0.25) is 0 Å². The fourth-order valence-electron chi connectivity index (χ4n) is 2.13. The summed E-state index contributed by atoms with van der Waals surface area (Å²) in [6.07, 6.45) is 17.6. The van der Waals surface area contributed by atoms with E-state index in [9.17, 15) is 0 Å². The maximum atomic E-state index is 5.48. The predicted octanol–water partition coefficient (Wildman–Crippen LogP) is 6.28. The van der Waals surface area contributed by atoms with Gasteiger partial charge in [0.2, 0.25) is 0 Å². The summed E-state index contributed by atoms with van der Waals surface area (Å²) in [5, 5.41) is 0. The van der Waals surface area contributed by atoms with Gasteiger partial charge in [0.05, 0.1) is 6.61 Å². The van der Waals surface area contributed by atoms with Crippen LogP contribution in [0.15, 0.2) is 0 Å². The quantitative estimate of drug-likeness (QED) is 0.313. The van der Waals surface area contributed by atoms with Crippen molar-refractivity contribution in [3.63, 3.8) is 0 Å². The van der Waals surface area contributed by atoms with Crippen LogP contribution in [0, 0.1) is 6.61 Å². The summed E-state index contributed by atoms with van der Waals surface area (Å²) in [6, 6.07) is 0. The Labute approximate surface area is 116 Å². The molecular weight excluding hydrogens is 220 g/mol. The first-order valence-electron chi connectivity index (χ1n) is 8.35. The fourth-order valence-corrected chi connectivity index (χ4v) is 2.13.